The molecule has 0 aromatic heterocycles. The Morgan fingerprint density at radius 1 is 1.21 bits per heavy atom. The van der Waals surface area contributed by atoms with Gasteiger partial charge in [0.1, 0.15) is 6.29 Å². The summed E-state index contributed by atoms with van der Waals surface area (Å²) in [6.45, 7) is 10.9. The predicted octanol–water partition coefficient (Wildman–Crippen LogP) is 2.91. The van der Waals surface area contributed by atoms with Crippen LogP contribution >= 0.6 is 0 Å². The van der Waals surface area contributed by atoms with E-state index in [1.54, 1.807) is 0 Å². The lowest BCUT2D eigenvalue weighted by atomic mass is 9.89. The van der Waals surface area contributed by atoms with E-state index >= 15 is 0 Å². The number of hydrogen-bond donors (Lipinski definition) is 1. The maximum Gasteiger partial charge on any atom is 0.174 e. The summed E-state index contributed by atoms with van der Waals surface area (Å²) in [7, 11) is -1.06. The normalized spacial score (nSPS) is 14.8. The van der Waals surface area contributed by atoms with Crippen LogP contribution in [0.2, 0.25) is 13.1 Å². The van der Waals surface area contributed by atoms with Crippen LogP contribution in [-0.4, -0.2) is 20.4 Å². The standard InChI is InChI=1S/C11H26O2Si/c1-11(2,3)9-7-6-8-10(12)13-14(4)5/h10,12,14H,6-9H2,1-5H3. The summed E-state index contributed by atoms with van der Waals surface area (Å²) in [4.78, 5) is 0. The van der Waals surface area contributed by atoms with Crippen molar-refractivity contribution in [2.45, 2.75) is 65.8 Å². The highest BCUT2D eigenvalue weighted by molar-refractivity contribution is 6.48. The molecule has 0 fully saturated rings. The summed E-state index contributed by atoms with van der Waals surface area (Å²) < 4.78 is 5.38. The molecule has 86 valence electrons. The second-order valence-corrected chi connectivity index (χ2v) is 7.82. The maximum absolute atomic E-state index is 9.46. The van der Waals surface area contributed by atoms with Crippen LogP contribution < -0.4 is 0 Å². The molecule has 0 bridgehead atoms. The van der Waals surface area contributed by atoms with Crippen molar-refractivity contribution in [1.82, 2.24) is 0 Å². The smallest absolute Gasteiger partial charge is 0.174 e. The molecule has 0 amide bonds. The van der Waals surface area contributed by atoms with Gasteiger partial charge >= 0.3 is 0 Å². The minimum absolute atomic E-state index is 0.415. The number of unbranched alkanes of at least 4 members (excludes halogenated alkanes) is 1. The van der Waals surface area contributed by atoms with Crippen molar-refractivity contribution in [2.75, 3.05) is 0 Å². The lowest BCUT2D eigenvalue weighted by molar-refractivity contribution is -0.0266. The molecule has 0 aromatic rings. The van der Waals surface area contributed by atoms with Gasteiger partial charge in [-0.05, 0) is 37.8 Å². The van der Waals surface area contributed by atoms with Crippen LogP contribution in [0.1, 0.15) is 46.5 Å². The van der Waals surface area contributed by atoms with E-state index in [9.17, 15) is 5.11 Å². The van der Waals surface area contributed by atoms with Gasteiger partial charge in [-0.3, -0.25) is 0 Å². The first-order valence-electron chi connectivity index (χ1n) is 5.65. The summed E-state index contributed by atoms with van der Waals surface area (Å²) in [5.74, 6) is 0. The molecule has 1 N–H and O–H groups in total. The van der Waals surface area contributed by atoms with Gasteiger partial charge in [0.2, 0.25) is 0 Å². The lowest BCUT2D eigenvalue weighted by Crippen LogP contribution is -2.20. The van der Waals surface area contributed by atoms with E-state index in [1.807, 2.05) is 0 Å². The average molecular weight is 218 g/mol. The summed E-state index contributed by atoms with van der Waals surface area (Å²) in [6.07, 6.45) is 3.75. The monoisotopic (exact) mass is 218 g/mol. The molecule has 0 saturated carbocycles. The highest BCUT2D eigenvalue weighted by Gasteiger charge is 2.11. The molecule has 1 atom stereocenters. The molecule has 0 saturated heterocycles. The van der Waals surface area contributed by atoms with Gasteiger partial charge in [-0.15, -0.1) is 0 Å². The molecule has 0 spiro atoms. The van der Waals surface area contributed by atoms with Crippen LogP contribution in [-0.2, 0) is 4.43 Å². The van der Waals surface area contributed by atoms with Gasteiger partial charge in [0.15, 0.2) is 9.04 Å². The third-order valence-corrected chi connectivity index (χ3v) is 2.92. The first-order valence-corrected chi connectivity index (χ1v) is 8.43. The number of aliphatic hydroxyl groups excluding tert-OH is 1. The van der Waals surface area contributed by atoms with E-state index in [4.69, 9.17) is 4.43 Å². The zero-order valence-corrected chi connectivity index (χ0v) is 11.5. The minimum Gasteiger partial charge on any atom is -0.396 e. The molecule has 0 aliphatic rings. The SMILES string of the molecule is C[SiH](C)OC(O)CCCCC(C)(C)C. The molecule has 14 heavy (non-hydrogen) atoms. The zero-order valence-electron chi connectivity index (χ0n) is 10.3. The molecule has 0 aliphatic carbocycles. The average Bonchev–Trinajstić information content (AvgIpc) is 1.95. The molecular weight excluding hydrogens is 192 g/mol. The molecule has 3 heteroatoms. The van der Waals surface area contributed by atoms with E-state index in [0.717, 1.165) is 12.8 Å². The summed E-state index contributed by atoms with van der Waals surface area (Å²) in [6, 6.07) is 0. The van der Waals surface area contributed by atoms with Crippen LogP contribution in [0.25, 0.3) is 0 Å². The Morgan fingerprint density at radius 3 is 2.21 bits per heavy atom. The van der Waals surface area contributed by atoms with Gasteiger partial charge in [0.25, 0.3) is 0 Å². The Morgan fingerprint density at radius 2 is 1.79 bits per heavy atom. The fourth-order valence-electron chi connectivity index (χ4n) is 1.36. The van der Waals surface area contributed by atoms with Crippen molar-refractivity contribution in [1.29, 1.82) is 0 Å². The number of aliphatic hydroxyl groups is 1. The molecular formula is C11H26O2Si. The van der Waals surface area contributed by atoms with Gasteiger partial charge in [0, 0.05) is 0 Å². The van der Waals surface area contributed by atoms with Crippen molar-refractivity contribution >= 4 is 9.04 Å². The van der Waals surface area contributed by atoms with Gasteiger partial charge in [-0.25, -0.2) is 0 Å². The predicted molar refractivity (Wildman–Crippen MR) is 63.9 cm³/mol. The van der Waals surface area contributed by atoms with Crippen molar-refractivity contribution in [2.24, 2.45) is 5.41 Å². The van der Waals surface area contributed by atoms with E-state index in [0.29, 0.717) is 5.41 Å². The Bertz CT molecular complexity index is 141. The van der Waals surface area contributed by atoms with E-state index in [1.165, 1.54) is 12.8 Å². The van der Waals surface area contributed by atoms with Gasteiger partial charge in [0.05, 0.1) is 0 Å². The number of hydrogen-bond acceptors (Lipinski definition) is 2. The zero-order chi connectivity index (χ0) is 11.2. The summed E-state index contributed by atoms with van der Waals surface area (Å²) in [5.41, 5.74) is 0.415. The topological polar surface area (TPSA) is 29.5 Å². The first kappa shape index (κ1) is 14.1. The molecule has 0 radical (unpaired) electrons. The number of rotatable bonds is 6. The van der Waals surface area contributed by atoms with E-state index in [-0.39, 0.29) is 0 Å². The molecule has 0 aliphatic heterocycles. The minimum atomic E-state index is -1.06. The summed E-state index contributed by atoms with van der Waals surface area (Å²) >= 11 is 0. The van der Waals surface area contributed by atoms with Crippen LogP contribution in [0.4, 0.5) is 0 Å². The van der Waals surface area contributed by atoms with Gasteiger partial charge in [-0.2, -0.15) is 0 Å². The molecule has 0 aromatic carbocycles. The molecule has 0 heterocycles. The third kappa shape index (κ3) is 10.2. The quantitative estimate of drug-likeness (QED) is 0.422. The maximum atomic E-state index is 9.46. The fraction of sp³-hybridized carbons (Fsp3) is 1.00. The van der Waals surface area contributed by atoms with Crippen molar-refractivity contribution < 1.29 is 9.53 Å². The fourth-order valence-corrected chi connectivity index (χ4v) is 2.12. The molecule has 1 unspecified atom stereocenters. The van der Waals surface area contributed by atoms with Crippen LogP contribution in [0.5, 0.6) is 0 Å². The van der Waals surface area contributed by atoms with Crippen LogP contribution in [0.15, 0.2) is 0 Å². The highest BCUT2D eigenvalue weighted by Crippen LogP contribution is 2.22. The summed E-state index contributed by atoms with van der Waals surface area (Å²) in [5, 5.41) is 9.46. The van der Waals surface area contributed by atoms with Crippen molar-refractivity contribution in [3.05, 3.63) is 0 Å². The second-order valence-electron chi connectivity index (χ2n) is 5.45. The first-order chi connectivity index (χ1) is 6.31. The van der Waals surface area contributed by atoms with Gasteiger partial charge < -0.3 is 9.53 Å². The largest absolute Gasteiger partial charge is 0.396 e. The van der Waals surface area contributed by atoms with Crippen LogP contribution in [0, 0.1) is 5.41 Å². The lowest BCUT2D eigenvalue weighted by Gasteiger charge is -2.19. The Labute approximate surface area is 90.4 Å². The third-order valence-electron chi connectivity index (χ3n) is 2.06. The van der Waals surface area contributed by atoms with Crippen LogP contribution in [0.3, 0.4) is 0 Å². The Hall–Kier alpha value is 0.137. The molecule has 0 rings (SSSR count). The van der Waals surface area contributed by atoms with E-state index < -0.39 is 15.3 Å². The van der Waals surface area contributed by atoms with Gasteiger partial charge in [-0.1, -0.05) is 27.2 Å². The Balaban J connectivity index is 3.36. The second kappa shape index (κ2) is 6.59. The van der Waals surface area contributed by atoms with Crippen molar-refractivity contribution in [3.8, 4) is 0 Å². The van der Waals surface area contributed by atoms with Crippen molar-refractivity contribution in [3.63, 3.8) is 0 Å². The Kier molecular flexibility index (Phi) is 6.65. The highest BCUT2D eigenvalue weighted by atomic mass is 28.3. The molecule has 2 nitrogen and oxygen atoms in total. The van der Waals surface area contributed by atoms with E-state index in [2.05, 4.69) is 33.9 Å².